The molecule has 196 valence electrons. The lowest BCUT2D eigenvalue weighted by Crippen LogP contribution is -2.39. The van der Waals surface area contributed by atoms with Crippen molar-refractivity contribution in [1.82, 2.24) is 9.99 Å². The third kappa shape index (κ3) is 5.81. The fourth-order valence-electron chi connectivity index (χ4n) is 3.97. The van der Waals surface area contributed by atoms with Gasteiger partial charge in [-0.05, 0) is 72.2 Å². The third-order valence-corrected chi connectivity index (χ3v) is 9.03. The number of hydrazone groups is 1. The summed E-state index contributed by atoms with van der Waals surface area (Å²) in [5.41, 5.74) is 6.19. The Hall–Kier alpha value is -3.11. The van der Waals surface area contributed by atoms with E-state index < -0.39 is 22.5 Å². The van der Waals surface area contributed by atoms with Crippen molar-refractivity contribution in [2.75, 3.05) is 10.8 Å². The van der Waals surface area contributed by atoms with Crippen molar-refractivity contribution < 1.29 is 13.2 Å². The van der Waals surface area contributed by atoms with E-state index in [4.69, 9.17) is 23.2 Å². The summed E-state index contributed by atoms with van der Waals surface area (Å²) in [6, 6.07) is 22.2. The molecule has 0 aliphatic heterocycles. The number of hydrogen-bond acceptors (Lipinski definition) is 4. The van der Waals surface area contributed by atoms with E-state index in [-0.39, 0.29) is 20.6 Å². The van der Waals surface area contributed by atoms with Crippen LogP contribution in [0.1, 0.15) is 17.0 Å². The van der Waals surface area contributed by atoms with E-state index in [0.29, 0.717) is 0 Å². The highest BCUT2D eigenvalue weighted by Gasteiger charge is 2.29. The van der Waals surface area contributed by atoms with Crippen LogP contribution < -0.4 is 9.73 Å². The Kier molecular flexibility index (Phi) is 8.62. The van der Waals surface area contributed by atoms with Gasteiger partial charge in [0.25, 0.3) is 15.9 Å². The van der Waals surface area contributed by atoms with E-state index in [1.54, 1.807) is 24.3 Å². The normalized spacial score (nSPS) is 11.6. The lowest BCUT2D eigenvalue weighted by Gasteiger charge is -2.24. The van der Waals surface area contributed by atoms with Gasteiger partial charge >= 0.3 is 0 Å². The Morgan fingerprint density at radius 3 is 2.42 bits per heavy atom. The number of carbonyl (C=O) groups excluding carboxylic acids is 1. The third-order valence-electron chi connectivity index (χ3n) is 5.77. The Balaban J connectivity index is 1.58. The van der Waals surface area contributed by atoms with Gasteiger partial charge in [0, 0.05) is 21.4 Å². The summed E-state index contributed by atoms with van der Waals surface area (Å²) >= 11 is 16.1. The zero-order valence-electron chi connectivity index (χ0n) is 20.4. The number of halogens is 3. The van der Waals surface area contributed by atoms with E-state index in [1.807, 2.05) is 44.2 Å². The maximum Gasteiger partial charge on any atom is 0.264 e. The van der Waals surface area contributed by atoms with Crippen LogP contribution in [-0.4, -0.2) is 31.7 Å². The molecule has 0 atom stereocenters. The van der Waals surface area contributed by atoms with Crippen molar-refractivity contribution in [3.05, 3.63) is 110 Å². The summed E-state index contributed by atoms with van der Waals surface area (Å²) in [7, 11) is -4.14. The van der Waals surface area contributed by atoms with Crippen LogP contribution in [0.2, 0.25) is 10.0 Å². The zero-order valence-corrected chi connectivity index (χ0v) is 24.3. The van der Waals surface area contributed by atoms with Crippen molar-refractivity contribution in [3.63, 3.8) is 0 Å². The number of carbonyl (C=O) groups is 1. The molecule has 0 bridgehead atoms. The highest BCUT2D eigenvalue weighted by Crippen LogP contribution is 2.35. The van der Waals surface area contributed by atoms with Gasteiger partial charge in [-0.1, -0.05) is 59.6 Å². The fraction of sp³-hybridized carbons (Fsp3) is 0.111. The molecular formula is C27H23BrCl2N4O3S. The molecule has 0 aliphatic carbocycles. The number of nitrogens with zero attached hydrogens (tertiary/aromatic N) is 3. The van der Waals surface area contributed by atoms with Crippen LogP contribution in [0.3, 0.4) is 0 Å². The van der Waals surface area contributed by atoms with E-state index in [2.05, 4.69) is 31.0 Å². The molecule has 11 heteroatoms. The van der Waals surface area contributed by atoms with Crippen LogP contribution in [-0.2, 0) is 14.8 Å². The van der Waals surface area contributed by atoms with Crippen molar-refractivity contribution in [2.45, 2.75) is 18.7 Å². The summed E-state index contributed by atoms with van der Waals surface area (Å²) in [4.78, 5) is 12.9. The minimum Gasteiger partial charge on any atom is -0.317 e. The average molecular weight is 634 g/mol. The Morgan fingerprint density at radius 1 is 1.03 bits per heavy atom. The molecule has 0 aliphatic rings. The first-order valence-electron chi connectivity index (χ1n) is 11.4. The summed E-state index contributed by atoms with van der Waals surface area (Å²) in [5.74, 6) is -0.656. The quantitative estimate of drug-likeness (QED) is 0.177. The summed E-state index contributed by atoms with van der Waals surface area (Å²) in [5, 5.41) is 4.27. The molecule has 4 aromatic rings. The highest BCUT2D eigenvalue weighted by atomic mass is 79.9. The molecule has 1 heterocycles. The van der Waals surface area contributed by atoms with Crippen LogP contribution in [0.4, 0.5) is 5.69 Å². The fourth-order valence-corrected chi connectivity index (χ4v) is 6.33. The molecule has 0 unspecified atom stereocenters. The van der Waals surface area contributed by atoms with E-state index in [1.165, 1.54) is 30.5 Å². The molecule has 1 amide bonds. The monoisotopic (exact) mass is 632 g/mol. The van der Waals surface area contributed by atoms with E-state index >= 15 is 0 Å². The second-order valence-electron chi connectivity index (χ2n) is 8.30. The van der Waals surface area contributed by atoms with Crippen LogP contribution >= 0.6 is 39.1 Å². The molecule has 4 rings (SSSR count). The minimum atomic E-state index is -4.14. The van der Waals surface area contributed by atoms with Crippen molar-refractivity contribution in [1.29, 1.82) is 0 Å². The SMILES string of the molecule is Cc1cc(/C=N\NC(=O)CN(c2cccc(Cl)c2Cl)S(=O)(=O)c2ccccc2)c(C)n1-c1ccccc1Br. The van der Waals surface area contributed by atoms with Gasteiger partial charge in [-0.15, -0.1) is 0 Å². The van der Waals surface area contributed by atoms with Gasteiger partial charge < -0.3 is 4.57 Å². The van der Waals surface area contributed by atoms with Gasteiger partial charge in [0.2, 0.25) is 0 Å². The molecular weight excluding hydrogens is 611 g/mol. The lowest BCUT2D eigenvalue weighted by molar-refractivity contribution is -0.119. The predicted octanol–water partition coefficient (Wildman–Crippen LogP) is 6.51. The minimum absolute atomic E-state index is 0.00635. The van der Waals surface area contributed by atoms with Gasteiger partial charge in [-0.2, -0.15) is 5.10 Å². The molecule has 7 nitrogen and oxygen atoms in total. The number of nitrogens with one attached hydrogen (secondary N) is 1. The zero-order chi connectivity index (χ0) is 27.4. The molecule has 3 aromatic carbocycles. The lowest BCUT2D eigenvalue weighted by atomic mass is 10.2. The second kappa shape index (κ2) is 11.7. The van der Waals surface area contributed by atoms with Crippen molar-refractivity contribution >= 4 is 67.0 Å². The van der Waals surface area contributed by atoms with Gasteiger partial charge in [0.05, 0.1) is 32.5 Å². The molecule has 0 fully saturated rings. The van der Waals surface area contributed by atoms with Crippen molar-refractivity contribution in [2.24, 2.45) is 5.10 Å². The topological polar surface area (TPSA) is 83.8 Å². The molecule has 0 spiro atoms. The first-order chi connectivity index (χ1) is 18.1. The smallest absolute Gasteiger partial charge is 0.264 e. The average Bonchev–Trinajstić information content (AvgIpc) is 3.17. The first-order valence-corrected chi connectivity index (χ1v) is 14.4. The van der Waals surface area contributed by atoms with Crippen molar-refractivity contribution in [3.8, 4) is 5.69 Å². The molecule has 1 N–H and O–H groups in total. The maximum absolute atomic E-state index is 13.5. The van der Waals surface area contributed by atoms with Gasteiger partial charge in [-0.25, -0.2) is 13.8 Å². The Bertz CT molecular complexity index is 1620. The van der Waals surface area contributed by atoms with Gasteiger partial charge in [-0.3, -0.25) is 9.10 Å². The van der Waals surface area contributed by atoms with Gasteiger partial charge in [0.1, 0.15) is 6.54 Å². The number of benzene rings is 3. The largest absolute Gasteiger partial charge is 0.317 e. The standard InChI is InChI=1S/C27H23BrCl2N4O3S/c1-18-15-20(19(2)34(18)24-13-7-6-11-22(24)28)16-31-32-26(35)17-33(25-14-8-12-23(29)27(25)30)38(36,37)21-9-4-3-5-10-21/h3-16H,17H2,1-2H3,(H,32,35)/b31-16-. The van der Waals surface area contributed by atoms with E-state index in [0.717, 1.165) is 31.4 Å². The highest BCUT2D eigenvalue weighted by molar-refractivity contribution is 9.10. The Morgan fingerprint density at radius 2 is 1.71 bits per heavy atom. The summed E-state index contributed by atoms with van der Waals surface area (Å²) in [6.45, 7) is 3.36. The van der Waals surface area contributed by atoms with Crippen LogP contribution in [0, 0.1) is 13.8 Å². The molecule has 38 heavy (non-hydrogen) atoms. The Labute approximate surface area is 239 Å². The molecule has 0 saturated heterocycles. The number of aryl methyl sites for hydroxylation is 1. The van der Waals surface area contributed by atoms with Crippen LogP contribution in [0.25, 0.3) is 5.69 Å². The van der Waals surface area contributed by atoms with Crippen LogP contribution in [0.5, 0.6) is 0 Å². The number of para-hydroxylation sites is 1. The maximum atomic E-state index is 13.5. The first kappa shape index (κ1) is 27.9. The van der Waals surface area contributed by atoms with E-state index in [9.17, 15) is 13.2 Å². The second-order valence-corrected chi connectivity index (χ2v) is 11.8. The predicted molar refractivity (Wildman–Crippen MR) is 156 cm³/mol. The number of sulfonamides is 1. The van der Waals surface area contributed by atoms with Crippen LogP contribution in [0.15, 0.2) is 93.3 Å². The number of aromatic nitrogens is 1. The number of hydrogen-bond donors (Lipinski definition) is 1. The molecule has 1 aromatic heterocycles. The van der Waals surface area contributed by atoms with Gasteiger partial charge in [0.15, 0.2) is 0 Å². The summed E-state index contributed by atoms with van der Waals surface area (Å²) < 4.78 is 30.9. The number of amides is 1. The molecule has 0 saturated carbocycles. The summed E-state index contributed by atoms with van der Waals surface area (Å²) in [6.07, 6.45) is 1.52. The number of anilines is 1. The number of rotatable bonds is 8. The molecule has 0 radical (unpaired) electrons.